The van der Waals surface area contributed by atoms with E-state index in [-0.39, 0.29) is 5.91 Å². The first-order chi connectivity index (χ1) is 10.1. The predicted molar refractivity (Wildman–Crippen MR) is 79.7 cm³/mol. The third kappa shape index (κ3) is 4.15. The molecule has 21 heavy (non-hydrogen) atoms. The number of pyridine rings is 1. The normalized spacial score (nSPS) is 10.5. The molecule has 0 saturated carbocycles. The van der Waals surface area contributed by atoms with E-state index in [1.165, 1.54) is 24.5 Å². The number of amides is 1. The van der Waals surface area contributed by atoms with Crippen molar-refractivity contribution in [2.24, 2.45) is 0 Å². The zero-order chi connectivity index (χ0) is 15.2. The zero-order valence-electron chi connectivity index (χ0n) is 11.1. The molecule has 0 aliphatic rings. The van der Waals surface area contributed by atoms with E-state index in [1.54, 1.807) is 29.6 Å². The number of aliphatic carboxylic acids is 1. The molecule has 0 radical (unpaired) electrons. The molecule has 0 aliphatic carbocycles. The monoisotopic (exact) mass is 304 g/mol. The second-order valence-electron chi connectivity index (χ2n) is 3.92. The summed E-state index contributed by atoms with van der Waals surface area (Å²) in [7, 11) is 1.53. The summed E-state index contributed by atoms with van der Waals surface area (Å²) in [4.78, 5) is 27.1. The molecular formula is C14H12N2O4S. The summed E-state index contributed by atoms with van der Waals surface area (Å²) in [5.41, 5.74) is 0.443. The number of carboxylic acid groups (broad SMARTS) is 1. The van der Waals surface area contributed by atoms with E-state index >= 15 is 0 Å². The van der Waals surface area contributed by atoms with E-state index in [9.17, 15) is 9.59 Å². The summed E-state index contributed by atoms with van der Waals surface area (Å²) in [5, 5.41) is 12.9. The van der Waals surface area contributed by atoms with E-state index in [1.807, 2.05) is 0 Å². The number of thiophene rings is 1. The zero-order valence-corrected chi connectivity index (χ0v) is 11.9. The molecule has 7 heteroatoms. The average Bonchev–Trinajstić information content (AvgIpc) is 2.94. The topological polar surface area (TPSA) is 88.5 Å². The molecule has 2 rings (SSSR count). The molecule has 0 saturated heterocycles. The molecule has 2 aromatic rings. The molecule has 108 valence electrons. The van der Waals surface area contributed by atoms with E-state index in [0.717, 1.165) is 6.08 Å². The smallest absolute Gasteiger partial charge is 0.328 e. The number of methoxy groups -OCH3 is 1. The Morgan fingerprint density at radius 3 is 2.90 bits per heavy atom. The van der Waals surface area contributed by atoms with Gasteiger partial charge in [-0.1, -0.05) is 6.07 Å². The quantitative estimate of drug-likeness (QED) is 0.829. The third-order valence-corrected chi connectivity index (χ3v) is 3.35. The number of nitrogens with one attached hydrogen (secondary N) is 1. The van der Waals surface area contributed by atoms with Gasteiger partial charge in [0.25, 0.3) is 5.91 Å². The third-order valence-electron chi connectivity index (χ3n) is 2.44. The van der Waals surface area contributed by atoms with E-state index in [4.69, 9.17) is 9.84 Å². The SMILES string of the molecule is COc1csc(C(=O)Nc2cccc(/C=C/C(=O)O)n2)c1. The van der Waals surface area contributed by atoms with Crippen LogP contribution in [0.25, 0.3) is 6.08 Å². The molecular weight excluding hydrogens is 292 g/mol. The van der Waals surface area contributed by atoms with Crippen molar-refractivity contribution in [1.29, 1.82) is 0 Å². The van der Waals surface area contributed by atoms with Gasteiger partial charge in [-0.25, -0.2) is 9.78 Å². The standard InChI is InChI=1S/C14H12N2O4S/c1-20-10-7-11(21-8-10)14(19)16-12-4-2-3-9(15-12)5-6-13(17)18/h2-8H,1H3,(H,17,18)(H,15,16,19)/b6-5+. The Morgan fingerprint density at radius 1 is 1.43 bits per heavy atom. The van der Waals surface area contributed by atoms with Crippen LogP contribution < -0.4 is 10.1 Å². The number of hydrogen-bond donors (Lipinski definition) is 2. The lowest BCUT2D eigenvalue weighted by Gasteiger charge is -2.03. The number of rotatable bonds is 5. The minimum Gasteiger partial charge on any atom is -0.496 e. The van der Waals surface area contributed by atoms with Crippen molar-refractivity contribution in [2.45, 2.75) is 0 Å². The maximum atomic E-state index is 12.0. The number of aromatic nitrogens is 1. The molecule has 0 aromatic carbocycles. The van der Waals surface area contributed by atoms with Gasteiger partial charge in [0, 0.05) is 17.5 Å². The highest BCUT2D eigenvalue weighted by Gasteiger charge is 2.10. The van der Waals surface area contributed by atoms with Crippen LogP contribution in [0, 0.1) is 0 Å². The van der Waals surface area contributed by atoms with Gasteiger partial charge in [0.15, 0.2) is 0 Å². The number of hydrogen-bond acceptors (Lipinski definition) is 5. The number of carbonyl (C=O) groups is 2. The number of carbonyl (C=O) groups excluding carboxylic acids is 1. The molecule has 2 N–H and O–H groups in total. The van der Waals surface area contributed by atoms with Crippen molar-refractivity contribution in [1.82, 2.24) is 4.98 Å². The van der Waals surface area contributed by atoms with Crippen molar-refractivity contribution in [2.75, 3.05) is 12.4 Å². The highest BCUT2D eigenvalue weighted by Crippen LogP contribution is 2.22. The molecule has 1 amide bonds. The second kappa shape index (κ2) is 6.67. The molecule has 0 unspecified atom stereocenters. The Kier molecular flexibility index (Phi) is 4.68. The van der Waals surface area contributed by atoms with Crippen LogP contribution in [-0.4, -0.2) is 29.1 Å². The van der Waals surface area contributed by atoms with Crippen LogP contribution in [0.5, 0.6) is 5.75 Å². The molecule has 2 aromatic heterocycles. The number of carboxylic acids is 1. The highest BCUT2D eigenvalue weighted by molar-refractivity contribution is 7.12. The lowest BCUT2D eigenvalue weighted by Crippen LogP contribution is -2.11. The molecule has 0 bridgehead atoms. The van der Waals surface area contributed by atoms with Crippen molar-refractivity contribution >= 4 is 35.1 Å². The molecule has 6 nitrogen and oxygen atoms in total. The van der Waals surface area contributed by atoms with Crippen molar-refractivity contribution in [3.05, 3.63) is 46.3 Å². The van der Waals surface area contributed by atoms with Crippen molar-refractivity contribution in [3.8, 4) is 5.75 Å². The Bertz CT molecular complexity index is 694. The lowest BCUT2D eigenvalue weighted by atomic mass is 10.3. The van der Waals surface area contributed by atoms with Crippen molar-refractivity contribution < 1.29 is 19.4 Å². The first-order valence-corrected chi connectivity index (χ1v) is 6.78. The summed E-state index contributed by atoms with van der Waals surface area (Å²) in [6.45, 7) is 0. The van der Waals surface area contributed by atoms with Gasteiger partial charge >= 0.3 is 5.97 Å². The van der Waals surface area contributed by atoms with Gasteiger partial charge in [-0.3, -0.25) is 4.79 Å². The van der Waals surface area contributed by atoms with Gasteiger partial charge < -0.3 is 15.2 Å². The van der Waals surface area contributed by atoms with Gasteiger partial charge in [0.2, 0.25) is 0 Å². The van der Waals surface area contributed by atoms with Crippen LogP contribution >= 0.6 is 11.3 Å². The number of ether oxygens (including phenoxy) is 1. The molecule has 0 atom stereocenters. The Morgan fingerprint density at radius 2 is 2.24 bits per heavy atom. The Balaban J connectivity index is 2.10. The van der Waals surface area contributed by atoms with Gasteiger partial charge in [-0.15, -0.1) is 11.3 Å². The van der Waals surface area contributed by atoms with Crippen molar-refractivity contribution in [3.63, 3.8) is 0 Å². The largest absolute Gasteiger partial charge is 0.496 e. The van der Waals surface area contributed by atoms with Crippen LogP contribution in [0.3, 0.4) is 0 Å². The minimum absolute atomic E-state index is 0.296. The fraction of sp³-hybridized carbons (Fsp3) is 0.0714. The highest BCUT2D eigenvalue weighted by atomic mass is 32.1. The van der Waals surface area contributed by atoms with E-state index < -0.39 is 5.97 Å². The molecule has 2 heterocycles. The van der Waals surface area contributed by atoms with Gasteiger partial charge in [-0.05, 0) is 18.2 Å². The Hall–Kier alpha value is -2.67. The van der Waals surface area contributed by atoms with Gasteiger partial charge in [0.1, 0.15) is 11.6 Å². The average molecular weight is 304 g/mol. The first kappa shape index (κ1) is 14.7. The predicted octanol–water partition coefficient (Wildman–Crippen LogP) is 2.50. The van der Waals surface area contributed by atoms with Crippen LogP contribution in [0.2, 0.25) is 0 Å². The summed E-state index contributed by atoms with van der Waals surface area (Å²) in [5.74, 6) is -0.386. The lowest BCUT2D eigenvalue weighted by molar-refractivity contribution is -0.131. The fourth-order valence-corrected chi connectivity index (χ4v) is 2.24. The minimum atomic E-state index is -1.06. The van der Waals surface area contributed by atoms with E-state index in [2.05, 4.69) is 10.3 Å². The first-order valence-electron chi connectivity index (χ1n) is 5.90. The van der Waals surface area contributed by atoms with Gasteiger partial charge in [0.05, 0.1) is 17.7 Å². The molecule has 0 spiro atoms. The fourth-order valence-electron chi connectivity index (χ4n) is 1.49. The molecule has 0 aliphatic heterocycles. The maximum Gasteiger partial charge on any atom is 0.328 e. The second-order valence-corrected chi connectivity index (χ2v) is 4.84. The van der Waals surface area contributed by atoms with Crippen LogP contribution in [0.1, 0.15) is 15.4 Å². The summed E-state index contributed by atoms with van der Waals surface area (Å²) < 4.78 is 5.02. The number of nitrogens with zero attached hydrogens (tertiary/aromatic N) is 1. The number of anilines is 1. The van der Waals surface area contributed by atoms with E-state index in [0.29, 0.717) is 22.1 Å². The Labute approximate surface area is 124 Å². The molecule has 0 fully saturated rings. The summed E-state index contributed by atoms with van der Waals surface area (Å²) >= 11 is 1.26. The summed E-state index contributed by atoms with van der Waals surface area (Å²) in [6.07, 6.45) is 2.34. The van der Waals surface area contributed by atoms with Crippen LogP contribution in [-0.2, 0) is 4.79 Å². The summed E-state index contributed by atoms with van der Waals surface area (Å²) in [6, 6.07) is 6.58. The van der Waals surface area contributed by atoms with Crippen LogP contribution in [0.4, 0.5) is 5.82 Å². The maximum absolute atomic E-state index is 12.0. The van der Waals surface area contributed by atoms with Gasteiger partial charge in [-0.2, -0.15) is 0 Å². The van der Waals surface area contributed by atoms with Crippen LogP contribution in [0.15, 0.2) is 35.7 Å².